The number of likely N-dealkylation sites (tertiary alicyclic amines) is 2. The molecule has 0 bridgehead atoms. The van der Waals surface area contributed by atoms with Gasteiger partial charge in [-0.3, -0.25) is 9.69 Å². The molecule has 4 amide bonds. The maximum atomic E-state index is 14.0. The minimum absolute atomic E-state index is 0.0516. The zero-order chi connectivity index (χ0) is 34.5. The van der Waals surface area contributed by atoms with Gasteiger partial charge in [-0.15, -0.1) is 0 Å². The van der Waals surface area contributed by atoms with E-state index in [1.807, 2.05) is 29.2 Å². The first-order chi connectivity index (χ1) is 23.6. The molecule has 2 N–H and O–H groups in total. The number of hydrogen-bond donors (Lipinski definition) is 2. The van der Waals surface area contributed by atoms with Gasteiger partial charge >= 0.3 is 18.3 Å². The van der Waals surface area contributed by atoms with Crippen molar-refractivity contribution in [2.75, 3.05) is 64.2 Å². The molecule has 2 aromatic carbocycles. The molecule has 3 saturated heterocycles. The van der Waals surface area contributed by atoms with Gasteiger partial charge in [0.25, 0.3) is 5.91 Å². The lowest BCUT2D eigenvalue weighted by atomic mass is 10.0. The summed E-state index contributed by atoms with van der Waals surface area (Å²) in [6.07, 6.45) is -1.87. The van der Waals surface area contributed by atoms with E-state index >= 15 is 0 Å². The number of amides is 4. The lowest BCUT2D eigenvalue weighted by Crippen LogP contribution is -2.52. The zero-order valence-corrected chi connectivity index (χ0v) is 29.1. The number of anilines is 1. The summed E-state index contributed by atoms with van der Waals surface area (Å²) in [5.41, 5.74) is 1.53. The number of hydrogen-bond acceptors (Lipinski definition) is 6. The zero-order valence-electron chi connectivity index (χ0n) is 27.5. The van der Waals surface area contributed by atoms with Crippen molar-refractivity contribution in [3.05, 3.63) is 63.6 Å². The Balaban J connectivity index is 1.10. The number of carbonyl (C=O) groups is 3. The summed E-state index contributed by atoms with van der Waals surface area (Å²) in [6.45, 7) is 6.23. The van der Waals surface area contributed by atoms with Crippen molar-refractivity contribution in [3.63, 3.8) is 0 Å². The van der Waals surface area contributed by atoms with Crippen LogP contribution in [0.1, 0.15) is 48.8 Å². The normalized spacial score (nSPS) is 21.0. The Hall–Kier alpha value is -3.36. The van der Waals surface area contributed by atoms with Gasteiger partial charge in [-0.25, -0.2) is 9.59 Å². The Morgan fingerprint density at radius 2 is 1.61 bits per heavy atom. The van der Waals surface area contributed by atoms with Crippen molar-refractivity contribution < 1.29 is 32.3 Å². The summed E-state index contributed by atoms with van der Waals surface area (Å²) in [7, 11) is 0. The lowest BCUT2D eigenvalue weighted by molar-refractivity contribution is -0.142. The third kappa shape index (κ3) is 8.69. The number of nitrogens with zero attached hydrogens (tertiary/aromatic N) is 4. The molecule has 4 heterocycles. The summed E-state index contributed by atoms with van der Waals surface area (Å²) >= 11 is 3.03. The number of piperidine rings is 2. The largest absolute Gasteiger partial charge is 0.436 e. The van der Waals surface area contributed by atoms with Crippen molar-refractivity contribution in [3.8, 4) is 0 Å². The minimum Gasteiger partial charge on any atom is -0.436 e. The molecule has 3 fully saturated rings. The number of alkyl halides is 3. The summed E-state index contributed by atoms with van der Waals surface area (Å²) in [6, 6.07) is 11.6. The van der Waals surface area contributed by atoms with Gasteiger partial charge in [-0.2, -0.15) is 13.2 Å². The summed E-state index contributed by atoms with van der Waals surface area (Å²) in [5.74, 6) is -0.337. The van der Waals surface area contributed by atoms with E-state index < -0.39 is 23.9 Å². The van der Waals surface area contributed by atoms with Crippen LogP contribution in [0.2, 0.25) is 0 Å². The van der Waals surface area contributed by atoms with E-state index in [2.05, 4.69) is 31.5 Å². The molecule has 4 aliphatic heterocycles. The van der Waals surface area contributed by atoms with E-state index in [1.165, 1.54) is 12.1 Å². The number of nitrogens with one attached hydrogen (secondary N) is 2. The van der Waals surface area contributed by atoms with E-state index in [0.717, 1.165) is 69.2 Å². The van der Waals surface area contributed by atoms with Crippen LogP contribution in [0, 0.1) is 0 Å². The monoisotopic (exact) mass is 748 g/mol. The standard InChI is InChI=1S/C35H44BrF3N6O4/c36-29-22-24(6-7-28(29)35(37,38)39)23-31(32(46)43-16-9-26(10-17-43)42-15-3-13-40-14-21-42)49-34(48)44-18-11-27(12-19-44)45-20-8-25-4-1-2-5-30(25)41-33(45)47/h1-2,4-7,22,26-27,31,40H,3,8-21,23H2,(H,41,47)/t31-/m1/s1. The van der Waals surface area contributed by atoms with Crippen LogP contribution in [0.5, 0.6) is 0 Å². The van der Waals surface area contributed by atoms with Crippen LogP contribution in [-0.2, 0) is 28.5 Å². The van der Waals surface area contributed by atoms with Crippen LogP contribution in [0.4, 0.5) is 28.4 Å². The first kappa shape index (κ1) is 35.5. The molecule has 0 radical (unpaired) electrons. The van der Waals surface area contributed by atoms with E-state index in [1.54, 1.807) is 9.80 Å². The Morgan fingerprint density at radius 1 is 0.898 bits per heavy atom. The number of carbonyl (C=O) groups excluding carboxylic acids is 3. The van der Waals surface area contributed by atoms with Crippen molar-refractivity contribution in [2.45, 2.75) is 69.3 Å². The molecular weight excluding hydrogens is 705 g/mol. The smallest absolute Gasteiger partial charge is 0.417 e. The highest BCUT2D eigenvalue weighted by Crippen LogP contribution is 2.35. The van der Waals surface area contributed by atoms with E-state index in [4.69, 9.17) is 4.74 Å². The average molecular weight is 750 g/mol. The molecular formula is C35H44BrF3N6O4. The molecule has 1 atom stereocenters. The molecule has 10 nitrogen and oxygen atoms in total. The van der Waals surface area contributed by atoms with Crippen LogP contribution >= 0.6 is 15.9 Å². The Kier molecular flexibility index (Phi) is 11.3. The van der Waals surface area contributed by atoms with E-state index in [-0.39, 0.29) is 28.9 Å². The van der Waals surface area contributed by atoms with Gasteiger partial charge in [0.15, 0.2) is 6.10 Å². The highest BCUT2D eigenvalue weighted by Gasteiger charge is 2.37. The number of urea groups is 1. The predicted octanol–water partition coefficient (Wildman–Crippen LogP) is 5.36. The lowest BCUT2D eigenvalue weighted by Gasteiger charge is -2.40. The second-order valence-electron chi connectivity index (χ2n) is 13.3. The maximum absolute atomic E-state index is 14.0. The molecule has 266 valence electrons. The minimum atomic E-state index is -4.53. The van der Waals surface area contributed by atoms with Crippen LogP contribution in [0.15, 0.2) is 46.9 Å². The van der Waals surface area contributed by atoms with Gasteiger partial charge in [0.2, 0.25) is 0 Å². The average Bonchev–Trinajstić information content (AvgIpc) is 3.46. The van der Waals surface area contributed by atoms with E-state index in [0.29, 0.717) is 57.2 Å². The highest BCUT2D eigenvalue weighted by molar-refractivity contribution is 9.10. The SMILES string of the molecule is O=C(O[C@H](Cc1ccc(C(F)(F)F)c(Br)c1)C(=O)N1CCC(N2CCCNCC2)CC1)N1CCC(N2CCc3ccccc3NC2=O)CC1. The molecule has 4 aliphatic rings. The number of fused-ring (bicyclic) bond motifs is 1. The quantitative estimate of drug-likeness (QED) is 0.414. The second kappa shape index (κ2) is 15.7. The predicted molar refractivity (Wildman–Crippen MR) is 182 cm³/mol. The van der Waals surface area contributed by atoms with Crippen LogP contribution in [-0.4, -0.2) is 115 Å². The Labute approximate surface area is 293 Å². The Morgan fingerprint density at radius 3 is 2.35 bits per heavy atom. The molecule has 0 aromatic heterocycles. The molecule has 14 heteroatoms. The molecule has 49 heavy (non-hydrogen) atoms. The molecule has 6 rings (SSSR count). The molecule has 0 spiro atoms. The van der Waals surface area contributed by atoms with Gasteiger partial charge < -0.3 is 30.1 Å². The number of halogens is 4. The van der Waals surface area contributed by atoms with Crippen molar-refractivity contribution in [1.29, 1.82) is 0 Å². The van der Waals surface area contributed by atoms with Crippen molar-refractivity contribution >= 4 is 39.6 Å². The number of ether oxygens (including phenoxy) is 1. The van der Waals surface area contributed by atoms with E-state index in [9.17, 15) is 27.6 Å². The summed E-state index contributed by atoms with van der Waals surface area (Å²) < 4.78 is 46.1. The fourth-order valence-electron chi connectivity index (χ4n) is 7.49. The first-order valence-electron chi connectivity index (χ1n) is 17.3. The fraction of sp³-hybridized carbons (Fsp3) is 0.571. The maximum Gasteiger partial charge on any atom is 0.417 e. The summed E-state index contributed by atoms with van der Waals surface area (Å²) in [4.78, 5) is 48.2. The van der Waals surface area contributed by atoms with Crippen LogP contribution < -0.4 is 10.6 Å². The van der Waals surface area contributed by atoms with Crippen molar-refractivity contribution in [2.24, 2.45) is 0 Å². The topological polar surface area (TPSA) is 97.5 Å². The molecule has 0 unspecified atom stereocenters. The van der Waals surface area contributed by atoms with Crippen LogP contribution in [0.25, 0.3) is 0 Å². The van der Waals surface area contributed by atoms with Gasteiger partial charge in [-0.1, -0.05) is 40.2 Å². The van der Waals surface area contributed by atoms with Gasteiger partial charge in [0.1, 0.15) is 0 Å². The molecule has 0 saturated carbocycles. The third-order valence-corrected chi connectivity index (χ3v) is 10.9. The second-order valence-corrected chi connectivity index (χ2v) is 14.2. The highest BCUT2D eigenvalue weighted by atomic mass is 79.9. The third-order valence-electron chi connectivity index (χ3n) is 10.3. The number of rotatable bonds is 6. The Bertz CT molecular complexity index is 1490. The first-order valence-corrected chi connectivity index (χ1v) is 18.1. The van der Waals surface area contributed by atoms with Gasteiger partial charge in [-0.05, 0) is 80.9 Å². The number of benzene rings is 2. The molecule has 0 aliphatic carbocycles. The van der Waals surface area contributed by atoms with Crippen molar-refractivity contribution in [1.82, 2.24) is 24.9 Å². The van der Waals surface area contributed by atoms with Crippen LogP contribution in [0.3, 0.4) is 0 Å². The van der Waals surface area contributed by atoms with Gasteiger partial charge in [0.05, 0.1) is 5.56 Å². The summed E-state index contributed by atoms with van der Waals surface area (Å²) in [5, 5.41) is 6.43. The van der Waals surface area contributed by atoms with Gasteiger partial charge in [0, 0.05) is 74.5 Å². The molecule has 2 aromatic rings. The fourth-order valence-corrected chi connectivity index (χ4v) is 8.14. The number of para-hydroxylation sites is 1.